The van der Waals surface area contributed by atoms with Crippen molar-refractivity contribution >= 4 is 17.6 Å². The Kier molecular flexibility index (Phi) is 6.95. The third-order valence-corrected chi connectivity index (χ3v) is 6.87. The van der Waals surface area contributed by atoms with Crippen LogP contribution in [0.15, 0.2) is 48.5 Å². The van der Waals surface area contributed by atoms with Gasteiger partial charge in [-0.1, -0.05) is 41.8 Å². The largest absolute Gasteiger partial charge is 0.494 e. The van der Waals surface area contributed by atoms with E-state index in [-0.39, 0.29) is 5.54 Å². The number of anilines is 1. The molecule has 1 fully saturated rings. The second kappa shape index (κ2) is 9.23. The third kappa shape index (κ3) is 4.84. The van der Waals surface area contributed by atoms with E-state index in [1.54, 1.807) is 11.9 Å². The second-order valence-electron chi connectivity index (χ2n) is 8.27. The summed E-state index contributed by atoms with van der Waals surface area (Å²) < 4.78 is 8.12. The van der Waals surface area contributed by atoms with Gasteiger partial charge in [-0.05, 0) is 70.0 Å². The fraction of sp³-hybridized carbons (Fsp3) is 0.500. The van der Waals surface area contributed by atoms with Gasteiger partial charge in [-0.15, -0.1) is 0 Å². The van der Waals surface area contributed by atoms with Gasteiger partial charge in [0.2, 0.25) is 0 Å². The van der Waals surface area contributed by atoms with Gasteiger partial charge in [0, 0.05) is 37.0 Å². The van der Waals surface area contributed by atoms with Crippen LogP contribution >= 0.6 is 11.9 Å². The Morgan fingerprint density at radius 1 is 1.18 bits per heavy atom. The first-order valence-corrected chi connectivity index (χ1v) is 11.4. The van der Waals surface area contributed by atoms with E-state index >= 15 is 0 Å². The first-order chi connectivity index (χ1) is 13.4. The number of ether oxygens (including phenoxy) is 1. The molecule has 0 radical (unpaired) electrons. The molecule has 0 N–H and O–H groups in total. The van der Waals surface area contributed by atoms with Crippen LogP contribution in [0.2, 0.25) is 0 Å². The van der Waals surface area contributed by atoms with Crippen molar-refractivity contribution < 1.29 is 4.74 Å². The summed E-state index contributed by atoms with van der Waals surface area (Å²) in [6.45, 7) is 10.00. The zero-order chi connectivity index (χ0) is 20.1. The van der Waals surface area contributed by atoms with Crippen molar-refractivity contribution in [2.75, 3.05) is 37.3 Å². The van der Waals surface area contributed by atoms with Gasteiger partial charge in [0.1, 0.15) is 5.75 Å². The van der Waals surface area contributed by atoms with Crippen LogP contribution in [0, 0.1) is 6.92 Å². The molecule has 0 saturated carbocycles. The SMILES string of the molecule is CSN(C)c1ccc(OCCCN2CCC(c3cccc(C)c3)C2(C)C)cc1. The number of hydrogen-bond donors (Lipinski definition) is 0. The lowest BCUT2D eigenvalue weighted by Gasteiger charge is -2.36. The molecule has 2 aromatic carbocycles. The number of nitrogens with zero attached hydrogens (tertiary/aromatic N) is 2. The minimum absolute atomic E-state index is 0.192. The average Bonchev–Trinajstić information content (AvgIpc) is 2.99. The van der Waals surface area contributed by atoms with E-state index in [1.807, 2.05) is 0 Å². The van der Waals surface area contributed by atoms with E-state index in [0.717, 1.165) is 25.3 Å². The molecule has 0 bridgehead atoms. The first kappa shape index (κ1) is 21.1. The van der Waals surface area contributed by atoms with E-state index in [0.29, 0.717) is 5.92 Å². The van der Waals surface area contributed by atoms with Gasteiger partial charge in [0.25, 0.3) is 0 Å². The molecular weight excluding hydrogens is 364 g/mol. The molecule has 152 valence electrons. The number of benzene rings is 2. The number of aryl methyl sites for hydroxylation is 1. The number of likely N-dealkylation sites (tertiary alicyclic amines) is 1. The summed E-state index contributed by atoms with van der Waals surface area (Å²) in [5.74, 6) is 1.56. The summed E-state index contributed by atoms with van der Waals surface area (Å²) in [5, 5.41) is 0. The van der Waals surface area contributed by atoms with Crippen molar-refractivity contribution in [1.29, 1.82) is 0 Å². The van der Waals surface area contributed by atoms with Crippen molar-refractivity contribution in [3.63, 3.8) is 0 Å². The third-order valence-electron chi connectivity index (χ3n) is 6.12. The smallest absolute Gasteiger partial charge is 0.119 e. The lowest BCUT2D eigenvalue weighted by Crippen LogP contribution is -2.42. The molecule has 0 amide bonds. The minimum atomic E-state index is 0.192. The van der Waals surface area contributed by atoms with Crippen molar-refractivity contribution in [3.8, 4) is 5.75 Å². The normalized spacial score (nSPS) is 19.0. The average molecular weight is 399 g/mol. The predicted octanol–water partition coefficient (Wildman–Crippen LogP) is 5.75. The van der Waals surface area contributed by atoms with Gasteiger partial charge >= 0.3 is 0 Å². The van der Waals surface area contributed by atoms with Gasteiger partial charge < -0.3 is 9.04 Å². The Hall–Kier alpha value is -1.65. The Balaban J connectivity index is 1.48. The van der Waals surface area contributed by atoms with Gasteiger partial charge in [-0.25, -0.2) is 0 Å². The zero-order valence-corrected chi connectivity index (χ0v) is 18.8. The standard InChI is InChI=1S/C24H34N2OS/c1-19-8-6-9-20(18-19)23-14-16-26(24(23,2)3)15-7-17-27-22-12-10-21(11-13-22)25(4)28-5/h6,8-13,18,23H,7,14-17H2,1-5H3. The highest BCUT2D eigenvalue weighted by Gasteiger charge is 2.41. The van der Waals surface area contributed by atoms with Crippen LogP contribution in [-0.2, 0) is 0 Å². The molecule has 1 heterocycles. The molecule has 1 saturated heterocycles. The van der Waals surface area contributed by atoms with Gasteiger partial charge in [0.15, 0.2) is 0 Å². The number of hydrogen-bond acceptors (Lipinski definition) is 4. The lowest BCUT2D eigenvalue weighted by atomic mass is 9.82. The Morgan fingerprint density at radius 3 is 2.61 bits per heavy atom. The molecule has 0 aromatic heterocycles. The zero-order valence-electron chi connectivity index (χ0n) is 17.9. The quantitative estimate of drug-likeness (QED) is 0.416. The fourth-order valence-corrected chi connectivity index (χ4v) is 4.64. The summed E-state index contributed by atoms with van der Waals surface area (Å²) in [6.07, 6.45) is 4.37. The summed E-state index contributed by atoms with van der Waals surface area (Å²) in [5.41, 5.74) is 4.23. The molecule has 1 unspecified atom stereocenters. The molecular formula is C24H34N2OS. The summed E-state index contributed by atoms with van der Waals surface area (Å²) in [6, 6.07) is 17.4. The van der Waals surface area contributed by atoms with E-state index in [1.165, 1.54) is 29.8 Å². The molecule has 0 aliphatic carbocycles. The van der Waals surface area contributed by atoms with Crippen LogP contribution in [-0.4, -0.2) is 43.4 Å². The van der Waals surface area contributed by atoms with Crippen LogP contribution in [0.1, 0.15) is 43.7 Å². The maximum atomic E-state index is 5.98. The van der Waals surface area contributed by atoms with Crippen molar-refractivity contribution in [2.24, 2.45) is 0 Å². The van der Waals surface area contributed by atoms with Crippen molar-refractivity contribution in [3.05, 3.63) is 59.7 Å². The molecule has 4 heteroatoms. The van der Waals surface area contributed by atoms with Gasteiger partial charge in [0.05, 0.1) is 6.61 Å². The summed E-state index contributed by atoms with van der Waals surface area (Å²) in [4.78, 5) is 2.64. The van der Waals surface area contributed by atoms with E-state index in [4.69, 9.17) is 4.74 Å². The van der Waals surface area contributed by atoms with E-state index in [9.17, 15) is 0 Å². The Bertz CT molecular complexity index is 759. The molecule has 3 nitrogen and oxygen atoms in total. The van der Waals surface area contributed by atoms with E-state index < -0.39 is 0 Å². The fourth-order valence-electron chi connectivity index (χ4n) is 4.31. The molecule has 1 aliphatic heterocycles. The van der Waals surface area contributed by atoms with Crippen LogP contribution in [0.3, 0.4) is 0 Å². The number of rotatable bonds is 8. The molecule has 1 atom stereocenters. The van der Waals surface area contributed by atoms with Crippen molar-refractivity contribution in [2.45, 2.75) is 45.1 Å². The predicted molar refractivity (Wildman–Crippen MR) is 123 cm³/mol. The maximum absolute atomic E-state index is 5.98. The van der Waals surface area contributed by atoms with Gasteiger partial charge in [-0.3, -0.25) is 4.90 Å². The van der Waals surface area contributed by atoms with Crippen LogP contribution < -0.4 is 9.04 Å². The summed E-state index contributed by atoms with van der Waals surface area (Å²) >= 11 is 1.71. The van der Waals surface area contributed by atoms with Crippen LogP contribution in [0.25, 0.3) is 0 Å². The minimum Gasteiger partial charge on any atom is -0.494 e. The molecule has 0 spiro atoms. The Labute approximate surface area is 175 Å². The molecule has 3 rings (SSSR count). The summed E-state index contributed by atoms with van der Waals surface area (Å²) in [7, 11) is 2.07. The maximum Gasteiger partial charge on any atom is 0.119 e. The first-order valence-electron chi connectivity index (χ1n) is 10.2. The highest BCUT2D eigenvalue weighted by Crippen LogP contribution is 2.41. The second-order valence-corrected chi connectivity index (χ2v) is 9.18. The lowest BCUT2D eigenvalue weighted by molar-refractivity contribution is 0.149. The highest BCUT2D eigenvalue weighted by molar-refractivity contribution is 7.99. The molecule has 28 heavy (non-hydrogen) atoms. The van der Waals surface area contributed by atoms with Gasteiger partial charge in [-0.2, -0.15) is 0 Å². The van der Waals surface area contributed by atoms with Crippen LogP contribution in [0.4, 0.5) is 5.69 Å². The van der Waals surface area contributed by atoms with Crippen LogP contribution in [0.5, 0.6) is 5.75 Å². The molecule has 1 aliphatic rings. The van der Waals surface area contributed by atoms with E-state index in [2.05, 4.69) is 91.8 Å². The molecule has 2 aromatic rings. The topological polar surface area (TPSA) is 15.7 Å². The Morgan fingerprint density at radius 2 is 1.93 bits per heavy atom. The monoisotopic (exact) mass is 398 g/mol. The van der Waals surface area contributed by atoms with Crippen molar-refractivity contribution in [1.82, 2.24) is 4.90 Å². The highest BCUT2D eigenvalue weighted by atomic mass is 32.2.